The van der Waals surface area contributed by atoms with Gasteiger partial charge in [0.05, 0.1) is 47.6 Å². The van der Waals surface area contributed by atoms with Crippen molar-refractivity contribution >= 4 is 12.1 Å². The van der Waals surface area contributed by atoms with Crippen LogP contribution in [0.15, 0.2) is 72.8 Å². The van der Waals surface area contributed by atoms with E-state index in [1.807, 2.05) is 36.4 Å². The predicted molar refractivity (Wildman–Crippen MR) is 160 cm³/mol. The van der Waals surface area contributed by atoms with Crippen LogP contribution in [0.2, 0.25) is 0 Å². The van der Waals surface area contributed by atoms with Crippen molar-refractivity contribution in [1.29, 1.82) is 0 Å². The zero-order valence-electron chi connectivity index (χ0n) is 24.6. The maximum atomic E-state index is 12.6. The molecule has 0 saturated carbocycles. The number of quaternary nitrogens is 1. The number of hydrogen-bond donors (Lipinski definition) is 2. The third-order valence-corrected chi connectivity index (χ3v) is 7.07. The van der Waals surface area contributed by atoms with Crippen LogP contribution in [0.4, 0.5) is 4.79 Å². The van der Waals surface area contributed by atoms with Crippen molar-refractivity contribution in [3.05, 3.63) is 89.5 Å². The molecular formula is C33H41N2O7+. The van der Waals surface area contributed by atoms with Gasteiger partial charge in [-0.25, -0.2) is 9.59 Å². The number of carboxylic acids is 1. The van der Waals surface area contributed by atoms with E-state index in [1.165, 1.54) is 0 Å². The van der Waals surface area contributed by atoms with Gasteiger partial charge in [-0.1, -0.05) is 60.7 Å². The van der Waals surface area contributed by atoms with E-state index in [2.05, 4.69) is 38.6 Å². The molecule has 1 aliphatic carbocycles. The van der Waals surface area contributed by atoms with E-state index in [-0.39, 0.29) is 18.9 Å². The van der Waals surface area contributed by atoms with Crippen molar-refractivity contribution < 1.29 is 38.1 Å². The lowest BCUT2D eigenvalue weighted by molar-refractivity contribution is -0.870. The minimum Gasteiger partial charge on any atom is -0.491 e. The van der Waals surface area contributed by atoms with Crippen LogP contribution in [0.3, 0.4) is 0 Å². The highest BCUT2D eigenvalue weighted by molar-refractivity contribution is 5.81. The van der Waals surface area contributed by atoms with Gasteiger partial charge >= 0.3 is 12.1 Å². The Hall–Kier alpha value is -3.92. The Labute approximate surface area is 247 Å². The maximum Gasteiger partial charge on any atom is 0.407 e. The number of alkyl carbamates (subject to hydrolysis) is 1. The summed E-state index contributed by atoms with van der Waals surface area (Å²) >= 11 is 0. The fraction of sp³-hybridized carbons (Fsp3) is 0.394. The summed E-state index contributed by atoms with van der Waals surface area (Å²) in [6.45, 7) is 3.63. The second-order valence-corrected chi connectivity index (χ2v) is 11.3. The second kappa shape index (κ2) is 14.8. The quantitative estimate of drug-likeness (QED) is 0.193. The number of carboxylic acid groups (broad SMARTS) is 1. The molecule has 1 atom stereocenters. The lowest BCUT2D eigenvalue weighted by Gasteiger charge is -2.23. The summed E-state index contributed by atoms with van der Waals surface area (Å²) < 4.78 is 23.2. The Balaban J connectivity index is 1.18. The first-order chi connectivity index (χ1) is 20.2. The molecule has 0 aromatic heterocycles. The summed E-state index contributed by atoms with van der Waals surface area (Å²) in [5.41, 5.74) is 5.18. The molecule has 42 heavy (non-hydrogen) atoms. The molecule has 0 aliphatic heterocycles. The number of rotatable bonds is 16. The van der Waals surface area contributed by atoms with Crippen LogP contribution in [-0.4, -0.2) is 95.0 Å². The monoisotopic (exact) mass is 577 g/mol. The zero-order valence-corrected chi connectivity index (χ0v) is 24.6. The van der Waals surface area contributed by atoms with Gasteiger partial charge in [0.1, 0.15) is 31.5 Å². The topological polar surface area (TPSA) is 103 Å². The smallest absolute Gasteiger partial charge is 0.407 e. The third-order valence-electron chi connectivity index (χ3n) is 7.07. The molecular weight excluding hydrogens is 536 g/mol. The largest absolute Gasteiger partial charge is 0.491 e. The van der Waals surface area contributed by atoms with Gasteiger partial charge < -0.3 is 33.9 Å². The highest BCUT2D eigenvalue weighted by Gasteiger charge is 2.29. The molecule has 9 nitrogen and oxygen atoms in total. The van der Waals surface area contributed by atoms with Gasteiger partial charge in [-0.2, -0.15) is 0 Å². The number of nitrogens with zero attached hydrogens (tertiary/aromatic N) is 1. The number of nitrogens with one attached hydrogen (secondary N) is 1. The lowest BCUT2D eigenvalue weighted by atomic mass is 9.98. The molecule has 1 amide bonds. The molecule has 0 fully saturated rings. The molecule has 0 radical (unpaired) electrons. The van der Waals surface area contributed by atoms with Gasteiger partial charge in [-0.15, -0.1) is 0 Å². The molecule has 4 rings (SSSR count). The van der Waals surface area contributed by atoms with Gasteiger partial charge in [-0.05, 0) is 39.9 Å². The number of fused-ring (bicyclic) bond motifs is 3. The highest BCUT2D eigenvalue weighted by Crippen LogP contribution is 2.44. The fourth-order valence-electron chi connectivity index (χ4n) is 4.82. The van der Waals surface area contributed by atoms with Crippen LogP contribution in [-0.2, 0) is 25.4 Å². The van der Waals surface area contributed by atoms with E-state index in [0.717, 1.165) is 38.8 Å². The molecule has 0 saturated heterocycles. The summed E-state index contributed by atoms with van der Waals surface area (Å²) in [7, 11) is 6.37. The molecule has 1 aliphatic rings. The number of carbonyl (C=O) groups excluding carboxylic acids is 1. The first-order valence-electron chi connectivity index (χ1n) is 14.2. The van der Waals surface area contributed by atoms with Gasteiger partial charge in [0.25, 0.3) is 0 Å². The minimum absolute atomic E-state index is 0.101. The summed E-state index contributed by atoms with van der Waals surface area (Å²) in [5, 5.41) is 12.2. The number of ether oxygens (including phenoxy) is 4. The molecule has 0 unspecified atom stereocenters. The number of benzene rings is 3. The number of hydrogen-bond acceptors (Lipinski definition) is 6. The number of likely N-dealkylation sites (N-methyl/N-ethyl adjacent to an activating group) is 1. The Kier molecular flexibility index (Phi) is 10.9. The fourth-order valence-corrected chi connectivity index (χ4v) is 4.82. The van der Waals surface area contributed by atoms with Crippen molar-refractivity contribution in [2.75, 3.05) is 67.3 Å². The molecule has 9 heteroatoms. The van der Waals surface area contributed by atoms with Crippen molar-refractivity contribution in [3.8, 4) is 16.9 Å². The van der Waals surface area contributed by atoms with Gasteiger partial charge in [-0.3, -0.25) is 0 Å². The molecule has 3 aromatic carbocycles. The van der Waals surface area contributed by atoms with E-state index >= 15 is 0 Å². The predicted octanol–water partition coefficient (Wildman–Crippen LogP) is 4.34. The van der Waals surface area contributed by atoms with E-state index in [4.69, 9.17) is 18.9 Å². The van der Waals surface area contributed by atoms with Gasteiger partial charge in [0, 0.05) is 12.3 Å². The summed E-state index contributed by atoms with van der Waals surface area (Å²) in [6, 6.07) is 22.1. The molecule has 0 spiro atoms. The molecule has 224 valence electrons. The number of carbonyl (C=O) groups is 2. The Morgan fingerprint density at radius 2 is 1.38 bits per heavy atom. The standard InChI is InChI=1S/C33H40N2O7/c1-35(2,3)16-17-39-18-19-40-20-21-41-25-14-12-24(13-15-25)22-31(32(36)37)34-33(38)42-23-30-28-10-6-4-8-26(28)27-9-5-7-11-29(27)30/h4-15,30-31H,16-23H2,1-3H3,(H-,34,36,37,38)/p+1/t31-/m0/s1. The van der Waals surface area contributed by atoms with Crippen LogP contribution < -0.4 is 10.1 Å². The summed E-state index contributed by atoms with van der Waals surface area (Å²) in [4.78, 5) is 24.5. The maximum absolute atomic E-state index is 12.6. The van der Waals surface area contributed by atoms with Crippen molar-refractivity contribution in [1.82, 2.24) is 5.32 Å². The van der Waals surface area contributed by atoms with Crippen LogP contribution >= 0.6 is 0 Å². The second-order valence-electron chi connectivity index (χ2n) is 11.3. The molecule has 0 heterocycles. The molecule has 0 bridgehead atoms. The van der Waals surface area contributed by atoms with E-state index in [0.29, 0.717) is 38.8 Å². The van der Waals surface area contributed by atoms with E-state index < -0.39 is 18.1 Å². The van der Waals surface area contributed by atoms with Gasteiger partial charge in [0.2, 0.25) is 0 Å². The minimum atomic E-state index is -1.14. The first-order valence-corrected chi connectivity index (χ1v) is 14.2. The number of amides is 1. The van der Waals surface area contributed by atoms with Crippen LogP contribution in [0.25, 0.3) is 11.1 Å². The Morgan fingerprint density at radius 3 is 1.98 bits per heavy atom. The number of aliphatic carboxylic acids is 1. The lowest BCUT2D eigenvalue weighted by Crippen LogP contribution is -2.42. The van der Waals surface area contributed by atoms with Crippen molar-refractivity contribution in [2.24, 2.45) is 0 Å². The average molecular weight is 578 g/mol. The first kappa shape index (κ1) is 31.0. The van der Waals surface area contributed by atoms with Crippen LogP contribution in [0.1, 0.15) is 22.6 Å². The summed E-state index contributed by atoms with van der Waals surface area (Å²) in [6.07, 6.45) is -0.653. The normalized spacial score (nSPS) is 13.2. The molecule has 3 aromatic rings. The van der Waals surface area contributed by atoms with Crippen molar-refractivity contribution in [2.45, 2.75) is 18.4 Å². The van der Waals surface area contributed by atoms with E-state index in [9.17, 15) is 14.7 Å². The Morgan fingerprint density at radius 1 is 0.810 bits per heavy atom. The third kappa shape index (κ3) is 9.04. The summed E-state index contributed by atoms with van der Waals surface area (Å²) in [5.74, 6) is -0.587. The SMILES string of the molecule is C[N+](C)(C)CCOCCOCCOc1ccc(C[C@H](NC(=O)OCC2c3ccccc3-c3ccccc32)C(=O)O)cc1. The average Bonchev–Trinajstić information content (AvgIpc) is 3.28. The van der Waals surface area contributed by atoms with Gasteiger partial charge in [0.15, 0.2) is 0 Å². The van der Waals surface area contributed by atoms with E-state index in [1.54, 1.807) is 24.3 Å². The Bertz CT molecular complexity index is 1270. The zero-order chi connectivity index (χ0) is 30.0. The van der Waals surface area contributed by atoms with Crippen LogP contribution in [0, 0.1) is 0 Å². The highest BCUT2D eigenvalue weighted by atomic mass is 16.6. The molecule has 2 N–H and O–H groups in total. The van der Waals surface area contributed by atoms with Crippen molar-refractivity contribution in [3.63, 3.8) is 0 Å². The van der Waals surface area contributed by atoms with Crippen LogP contribution in [0.5, 0.6) is 5.75 Å².